The Morgan fingerprint density at radius 1 is 1.00 bits per heavy atom. The third kappa shape index (κ3) is 3.72. The summed E-state index contributed by atoms with van der Waals surface area (Å²) in [5, 5.41) is 0. The fraction of sp³-hybridized carbons (Fsp3) is 0.182. The van der Waals surface area contributed by atoms with Crippen molar-refractivity contribution in [1.29, 1.82) is 0 Å². The van der Waals surface area contributed by atoms with Gasteiger partial charge in [0.2, 0.25) is 0 Å². The quantitative estimate of drug-likeness (QED) is 0.721. The van der Waals surface area contributed by atoms with Gasteiger partial charge >= 0.3 is 6.03 Å². The summed E-state index contributed by atoms with van der Waals surface area (Å²) < 4.78 is 0. The first-order valence-electron chi connectivity index (χ1n) is 9.01. The van der Waals surface area contributed by atoms with Gasteiger partial charge in [-0.1, -0.05) is 54.6 Å². The van der Waals surface area contributed by atoms with Crippen LogP contribution in [0.2, 0.25) is 0 Å². The van der Waals surface area contributed by atoms with Gasteiger partial charge in [0.15, 0.2) is 0 Å². The van der Waals surface area contributed by atoms with E-state index >= 15 is 0 Å². The molecule has 2 amide bonds. The lowest BCUT2D eigenvalue weighted by Crippen LogP contribution is -2.45. The molecule has 3 aromatic rings. The maximum Gasteiger partial charge on any atom is 0.326 e. The lowest BCUT2D eigenvalue weighted by Gasteiger charge is -2.35. The molecular weight excluding hydrogens is 372 g/mol. The second-order valence-corrected chi connectivity index (χ2v) is 6.77. The summed E-state index contributed by atoms with van der Waals surface area (Å²) in [6, 6.07) is 20.2. The third-order valence-corrected chi connectivity index (χ3v) is 4.93. The molecule has 0 saturated carbocycles. The molecule has 0 saturated heterocycles. The van der Waals surface area contributed by atoms with Crippen molar-refractivity contribution in [3.8, 4) is 11.1 Å². The number of hydrogen-bond donors (Lipinski definition) is 1. The number of anilines is 1. The molecule has 1 aliphatic heterocycles. The van der Waals surface area contributed by atoms with E-state index in [2.05, 4.69) is 17.1 Å². The minimum absolute atomic E-state index is 0. The highest BCUT2D eigenvalue weighted by molar-refractivity contribution is 5.95. The van der Waals surface area contributed by atoms with E-state index in [0.717, 1.165) is 33.6 Å². The minimum Gasteiger partial charge on any atom is -0.326 e. The normalized spacial score (nSPS) is 13.1. The number of amides is 2. The molecule has 1 aliphatic rings. The summed E-state index contributed by atoms with van der Waals surface area (Å²) in [5.41, 5.74) is 11.2. The Hall–Kier alpha value is -2.89. The number of aromatic nitrogens is 1. The molecule has 1 aromatic heterocycles. The molecule has 0 radical (unpaired) electrons. The topological polar surface area (TPSA) is 62.5 Å². The highest BCUT2D eigenvalue weighted by atomic mass is 35.5. The van der Waals surface area contributed by atoms with Crippen LogP contribution < -0.4 is 10.6 Å². The van der Waals surface area contributed by atoms with Crippen LogP contribution in [0.5, 0.6) is 0 Å². The zero-order valence-corrected chi connectivity index (χ0v) is 16.5. The highest BCUT2D eigenvalue weighted by Crippen LogP contribution is 2.35. The number of fused-ring (bicyclic) bond motifs is 1. The van der Waals surface area contributed by atoms with E-state index in [1.54, 1.807) is 16.0 Å². The van der Waals surface area contributed by atoms with E-state index in [1.165, 1.54) is 0 Å². The van der Waals surface area contributed by atoms with Gasteiger partial charge in [0, 0.05) is 25.4 Å². The molecule has 28 heavy (non-hydrogen) atoms. The first-order valence-corrected chi connectivity index (χ1v) is 9.01. The van der Waals surface area contributed by atoms with E-state index in [1.807, 2.05) is 55.6 Å². The van der Waals surface area contributed by atoms with Crippen molar-refractivity contribution in [3.63, 3.8) is 0 Å². The molecule has 0 bridgehead atoms. The van der Waals surface area contributed by atoms with Crippen molar-refractivity contribution in [3.05, 3.63) is 83.6 Å². The summed E-state index contributed by atoms with van der Waals surface area (Å²) in [7, 11) is 1.83. The number of hydrogen-bond acceptors (Lipinski definition) is 3. The van der Waals surface area contributed by atoms with E-state index in [-0.39, 0.29) is 18.4 Å². The van der Waals surface area contributed by atoms with Crippen molar-refractivity contribution in [2.45, 2.75) is 19.6 Å². The van der Waals surface area contributed by atoms with Crippen molar-refractivity contribution < 1.29 is 4.79 Å². The van der Waals surface area contributed by atoms with Crippen LogP contribution in [0.25, 0.3) is 11.1 Å². The predicted octanol–water partition coefficient (Wildman–Crippen LogP) is 4.20. The number of nitrogens with two attached hydrogens (primary N) is 1. The maximum absolute atomic E-state index is 12.8. The lowest BCUT2D eigenvalue weighted by atomic mass is 9.98. The molecule has 0 aliphatic carbocycles. The van der Waals surface area contributed by atoms with Crippen molar-refractivity contribution >= 4 is 24.3 Å². The smallest absolute Gasteiger partial charge is 0.326 e. The third-order valence-electron chi connectivity index (χ3n) is 4.93. The Morgan fingerprint density at radius 3 is 2.39 bits per heavy atom. The van der Waals surface area contributed by atoms with Crippen LogP contribution in [-0.2, 0) is 19.6 Å². The SMILES string of the molecule is CN1Cc2c(-c3ccc(CN)cc3)ccnc2N(Cc2ccccc2)C1=O.Cl. The minimum atomic E-state index is -0.0329. The van der Waals surface area contributed by atoms with Gasteiger partial charge in [-0.05, 0) is 28.3 Å². The van der Waals surface area contributed by atoms with Crippen LogP contribution >= 0.6 is 12.4 Å². The Balaban J connectivity index is 0.00000225. The molecule has 2 heterocycles. The molecule has 144 valence electrons. The molecule has 5 nitrogen and oxygen atoms in total. The molecule has 2 N–H and O–H groups in total. The Labute approximate surface area is 171 Å². The maximum atomic E-state index is 12.8. The van der Waals surface area contributed by atoms with E-state index in [0.29, 0.717) is 19.6 Å². The van der Waals surface area contributed by atoms with Gasteiger partial charge in [-0.15, -0.1) is 12.4 Å². The number of pyridine rings is 1. The van der Waals surface area contributed by atoms with Gasteiger partial charge in [0.1, 0.15) is 5.82 Å². The van der Waals surface area contributed by atoms with Gasteiger partial charge in [-0.25, -0.2) is 9.78 Å². The largest absolute Gasteiger partial charge is 0.326 e. The van der Waals surface area contributed by atoms with Crippen LogP contribution in [0, 0.1) is 0 Å². The Bertz CT molecular complexity index is 960. The number of halogens is 1. The number of urea groups is 1. The lowest BCUT2D eigenvalue weighted by molar-refractivity contribution is 0.209. The molecule has 0 fully saturated rings. The fourth-order valence-corrected chi connectivity index (χ4v) is 3.47. The van der Waals surface area contributed by atoms with Crippen LogP contribution in [0.1, 0.15) is 16.7 Å². The van der Waals surface area contributed by atoms with Gasteiger partial charge in [-0.2, -0.15) is 0 Å². The van der Waals surface area contributed by atoms with Crippen molar-refractivity contribution in [2.75, 3.05) is 11.9 Å². The number of nitrogens with zero attached hydrogens (tertiary/aromatic N) is 3. The number of rotatable bonds is 4. The van der Waals surface area contributed by atoms with Crippen molar-refractivity contribution in [2.24, 2.45) is 5.73 Å². The monoisotopic (exact) mass is 394 g/mol. The Kier molecular flexibility index (Phi) is 5.97. The summed E-state index contributed by atoms with van der Waals surface area (Å²) in [5.74, 6) is 0.738. The summed E-state index contributed by atoms with van der Waals surface area (Å²) in [4.78, 5) is 20.9. The fourth-order valence-electron chi connectivity index (χ4n) is 3.47. The van der Waals surface area contributed by atoms with Crippen LogP contribution in [0.4, 0.5) is 10.6 Å². The molecule has 2 aromatic carbocycles. The molecule has 4 rings (SSSR count). The van der Waals surface area contributed by atoms with E-state index in [9.17, 15) is 4.79 Å². The zero-order chi connectivity index (χ0) is 18.8. The molecular formula is C22H23ClN4O. The molecule has 0 unspecified atom stereocenters. The average molecular weight is 395 g/mol. The first-order chi connectivity index (χ1) is 13.2. The van der Waals surface area contributed by atoms with Gasteiger partial charge in [0.05, 0.1) is 13.1 Å². The second kappa shape index (κ2) is 8.42. The molecule has 0 spiro atoms. The molecule has 6 heteroatoms. The summed E-state index contributed by atoms with van der Waals surface area (Å²) >= 11 is 0. The second-order valence-electron chi connectivity index (χ2n) is 6.77. The van der Waals surface area contributed by atoms with Gasteiger partial charge < -0.3 is 10.6 Å². The highest BCUT2D eigenvalue weighted by Gasteiger charge is 2.31. The number of carbonyl (C=O) groups is 1. The predicted molar refractivity (Wildman–Crippen MR) is 114 cm³/mol. The van der Waals surface area contributed by atoms with Crippen LogP contribution in [0.3, 0.4) is 0 Å². The first kappa shape index (κ1) is 19.9. The summed E-state index contributed by atoms with van der Waals surface area (Å²) in [6.45, 7) is 1.57. The number of carbonyl (C=O) groups excluding carboxylic acids is 1. The Morgan fingerprint density at radius 2 is 1.71 bits per heavy atom. The average Bonchev–Trinajstić information content (AvgIpc) is 2.72. The van der Waals surface area contributed by atoms with E-state index in [4.69, 9.17) is 5.73 Å². The summed E-state index contributed by atoms with van der Waals surface area (Å²) in [6.07, 6.45) is 1.78. The van der Waals surface area contributed by atoms with Crippen molar-refractivity contribution in [1.82, 2.24) is 9.88 Å². The zero-order valence-electron chi connectivity index (χ0n) is 15.7. The standard InChI is InChI=1S/C22H22N4O.ClH/c1-25-15-20-19(18-9-7-16(13-23)8-10-18)11-12-24-21(20)26(22(25)27)14-17-5-3-2-4-6-17;/h2-12H,13-15,23H2,1H3;1H. The van der Waals surface area contributed by atoms with E-state index < -0.39 is 0 Å². The number of benzene rings is 2. The van der Waals surface area contributed by atoms with Gasteiger partial charge in [-0.3, -0.25) is 4.90 Å². The van der Waals surface area contributed by atoms with Crippen LogP contribution in [0.15, 0.2) is 66.9 Å². The molecule has 0 atom stereocenters. The van der Waals surface area contributed by atoms with Gasteiger partial charge in [0.25, 0.3) is 0 Å². The van der Waals surface area contributed by atoms with Crippen LogP contribution in [-0.4, -0.2) is 23.0 Å².